The lowest BCUT2D eigenvalue weighted by Gasteiger charge is -2.34. The summed E-state index contributed by atoms with van der Waals surface area (Å²) in [6.45, 7) is 10.9. The number of hydrogen-bond acceptors (Lipinski definition) is 4. The fourth-order valence-corrected chi connectivity index (χ4v) is 5.65. The minimum atomic E-state index is -3.89. The summed E-state index contributed by atoms with van der Waals surface area (Å²) < 4.78 is 29.0. The molecule has 0 saturated heterocycles. The van der Waals surface area contributed by atoms with Gasteiger partial charge in [-0.2, -0.15) is 0 Å². The van der Waals surface area contributed by atoms with Crippen LogP contribution in [-0.4, -0.2) is 19.4 Å². The first-order valence-corrected chi connectivity index (χ1v) is 10.6. The molecule has 3 N–H and O–H groups in total. The number of aromatic hydroxyl groups is 1. The lowest BCUT2D eigenvalue weighted by molar-refractivity contribution is -0.117. The molecule has 2 aromatic rings. The van der Waals surface area contributed by atoms with Gasteiger partial charge in [0.25, 0.3) is 10.0 Å². The smallest absolute Gasteiger partial charge is 0.262 e. The lowest BCUT2D eigenvalue weighted by Crippen LogP contribution is -2.33. The minimum absolute atomic E-state index is 0.0747. The summed E-state index contributed by atoms with van der Waals surface area (Å²) in [5, 5.41) is 13.3. The zero-order chi connectivity index (χ0) is 21.0. The first kappa shape index (κ1) is 20.2. The Morgan fingerprint density at radius 1 is 1.04 bits per heavy atom. The van der Waals surface area contributed by atoms with Gasteiger partial charge in [-0.1, -0.05) is 31.5 Å². The van der Waals surface area contributed by atoms with Crippen molar-refractivity contribution in [2.75, 3.05) is 10.0 Å². The summed E-state index contributed by atoms with van der Waals surface area (Å²) in [5.41, 5.74) is 3.32. The Bertz CT molecular complexity index is 1080. The summed E-state index contributed by atoms with van der Waals surface area (Å²) >= 11 is 0. The number of rotatable bonds is 3. The Balaban J connectivity index is 2.19. The third-order valence-corrected chi connectivity index (χ3v) is 6.82. The van der Waals surface area contributed by atoms with Crippen molar-refractivity contribution in [3.8, 4) is 5.75 Å². The number of benzene rings is 2. The normalized spacial score (nSPS) is 15.7. The van der Waals surface area contributed by atoms with Crippen LogP contribution in [0.5, 0.6) is 5.75 Å². The fourth-order valence-electron chi connectivity index (χ4n) is 4.14. The molecule has 0 atom stereocenters. The van der Waals surface area contributed by atoms with Crippen molar-refractivity contribution in [1.82, 2.24) is 0 Å². The number of amides is 1. The van der Waals surface area contributed by atoms with Crippen LogP contribution >= 0.6 is 0 Å². The van der Waals surface area contributed by atoms with Crippen molar-refractivity contribution in [3.63, 3.8) is 0 Å². The summed E-state index contributed by atoms with van der Waals surface area (Å²) in [4.78, 5) is 12.4. The maximum atomic E-state index is 13.2. The van der Waals surface area contributed by atoms with Gasteiger partial charge in [-0.05, 0) is 50.5 Å². The van der Waals surface area contributed by atoms with Crippen molar-refractivity contribution < 1.29 is 18.3 Å². The monoisotopic (exact) mass is 402 g/mol. The third-order valence-electron chi connectivity index (χ3n) is 5.15. The van der Waals surface area contributed by atoms with Crippen LogP contribution in [-0.2, 0) is 20.2 Å². The van der Waals surface area contributed by atoms with E-state index in [4.69, 9.17) is 0 Å². The van der Waals surface area contributed by atoms with Gasteiger partial charge in [0.1, 0.15) is 5.75 Å². The molecule has 0 spiro atoms. The van der Waals surface area contributed by atoms with E-state index >= 15 is 0 Å². The second-order valence-electron chi connectivity index (χ2n) is 8.28. The van der Waals surface area contributed by atoms with E-state index in [1.807, 2.05) is 32.9 Å². The van der Waals surface area contributed by atoms with Gasteiger partial charge in [0.15, 0.2) is 0 Å². The SMILES string of the molecule is Cc1cc(C)c(S(=O)(=O)Nc2cc(C)c(O)c3c2NC(=O)CC3(C)C)c(C)c1. The molecule has 0 fully saturated rings. The molecule has 0 saturated carbocycles. The number of aryl methyl sites for hydroxylation is 4. The van der Waals surface area contributed by atoms with Gasteiger partial charge in [0.05, 0.1) is 16.3 Å². The van der Waals surface area contributed by atoms with Gasteiger partial charge >= 0.3 is 0 Å². The van der Waals surface area contributed by atoms with E-state index in [2.05, 4.69) is 10.0 Å². The van der Waals surface area contributed by atoms with E-state index in [0.717, 1.165) is 5.56 Å². The summed E-state index contributed by atoms with van der Waals surface area (Å²) in [6, 6.07) is 5.19. The predicted molar refractivity (Wildman–Crippen MR) is 111 cm³/mol. The molecular formula is C21H26N2O4S. The highest BCUT2D eigenvalue weighted by Gasteiger charge is 2.37. The second-order valence-corrected chi connectivity index (χ2v) is 9.90. The molecule has 6 nitrogen and oxygen atoms in total. The molecule has 0 aromatic heterocycles. The largest absolute Gasteiger partial charge is 0.507 e. The lowest BCUT2D eigenvalue weighted by atomic mass is 9.76. The Kier molecular flexibility index (Phi) is 4.70. The molecule has 1 heterocycles. The predicted octanol–water partition coefficient (Wildman–Crippen LogP) is 4.05. The number of phenols is 1. The number of fused-ring (bicyclic) bond motifs is 1. The van der Waals surface area contributed by atoms with Crippen LogP contribution in [0.2, 0.25) is 0 Å². The van der Waals surface area contributed by atoms with Crippen molar-refractivity contribution in [2.24, 2.45) is 0 Å². The van der Waals surface area contributed by atoms with E-state index < -0.39 is 15.4 Å². The van der Waals surface area contributed by atoms with Crippen molar-refractivity contribution >= 4 is 27.3 Å². The third kappa shape index (κ3) is 3.35. The number of anilines is 2. The molecule has 150 valence electrons. The number of hydrogen-bond donors (Lipinski definition) is 3. The minimum Gasteiger partial charge on any atom is -0.507 e. The quantitative estimate of drug-likeness (QED) is 0.675. The molecule has 1 amide bonds. The van der Waals surface area contributed by atoms with Gasteiger partial charge in [-0.3, -0.25) is 9.52 Å². The molecular weight excluding hydrogens is 376 g/mol. The average molecular weight is 403 g/mol. The molecule has 0 aliphatic carbocycles. The summed E-state index contributed by atoms with van der Waals surface area (Å²) in [6.07, 6.45) is 0.208. The van der Waals surface area contributed by atoms with Gasteiger partial charge < -0.3 is 10.4 Å². The molecule has 7 heteroatoms. The Labute approximate surface area is 166 Å². The fraction of sp³-hybridized carbons (Fsp3) is 0.381. The van der Waals surface area contributed by atoms with Crippen LogP contribution in [0.25, 0.3) is 0 Å². The average Bonchev–Trinajstić information content (AvgIpc) is 2.49. The summed E-state index contributed by atoms with van der Waals surface area (Å²) in [5.74, 6) is -0.144. The van der Waals surface area contributed by atoms with Gasteiger partial charge in [-0.25, -0.2) is 8.42 Å². The zero-order valence-electron chi connectivity index (χ0n) is 17.0. The standard InChI is InChI=1S/C21H26N2O4S/c1-11-7-13(3)20(14(4)8-11)28(26,27)23-15-9-12(2)19(25)17-18(15)22-16(24)10-21(17,5)6/h7-9,23,25H,10H2,1-6H3,(H,22,24). The molecule has 0 bridgehead atoms. The van der Waals surface area contributed by atoms with Crippen LogP contribution in [0, 0.1) is 27.7 Å². The maximum Gasteiger partial charge on any atom is 0.262 e. The van der Waals surface area contributed by atoms with E-state index in [1.165, 1.54) is 0 Å². The van der Waals surface area contributed by atoms with E-state index in [1.54, 1.807) is 26.8 Å². The number of phenolic OH excluding ortho intramolecular Hbond substituents is 1. The van der Waals surface area contributed by atoms with Crippen LogP contribution in [0.15, 0.2) is 23.1 Å². The van der Waals surface area contributed by atoms with Crippen molar-refractivity contribution in [2.45, 2.75) is 58.3 Å². The van der Waals surface area contributed by atoms with E-state index in [-0.39, 0.29) is 28.7 Å². The molecule has 28 heavy (non-hydrogen) atoms. The highest BCUT2D eigenvalue weighted by Crippen LogP contribution is 2.48. The Morgan fingerprint density at radius 2 is 1.61 bits per heavy atom. The Morgan fingerprint density at radius 3 is 2.18 bits per heavy atom. The van der Waals surface area contributed by atoms with Gasteiger partial charge in [-0.15, -0.1) is 0 Å². The first-order valence-electron chi connectivity index (χ1n) is 9.11. The highest BCUT2D eigenvalue weighted by molar-refractivity contribution is 7.92. The van der Waals surface area contributed by atoms with Crippen molar-refractivity contribution in [1.29, 1.82) is 0 Å². The summed E-state index contributed by atoms with van der Waals surface area (Å²) in [7, 11) is -3.89. The maximum absolute atomic E-state index is 13.2. The molecule has 0 radical (unpaired) electrons. The number of carbonyl (C=O) groups excluding carboxylic acids is 1. The molecule has 0 unspecified atom stereocenters. The van der Waals surface area contributed by atoms with Gasteiger partial charge in [0, 0.05) is 17.4 Å². The van der Waals surface area contributed by atoms with E-state index in [9.17, 15) is 18.3 Å². The number of carbonyl (C=O) groups is 1. The molecule has 1 aliphatic heterocycles. The highest BCUT2D eigenvalue weighted by atomic mass is 32.2. The molecule has 1 aliphatic rings. The van der Waals surface area contributed by atoms with Crippen LogP contribution in [0.1, 0.15) is 48.1 Å². The molecule has 3 rings (SSSR count). The first-order chi connectivity index (χ1) is 12.8. The van der Waals surface area contributed by atoms with Gasteiger partial charge in [0.2, 0.25) is 5.91 Å². The van der Waals surface area contributed by atoms with Crippen LogP contribution in [0.3, 0.4) is 0 Å². The topological polar surface area (TPSA) is 95.5 Å². The molecule has 2 aromatic carbocycles. The zero-order valence-corrected chi connectivity index (χ0v) is 17.8. The number of nitrogens with one attached hydrogen (secondary N) is 2. The van der Waals surface area contributed by atoms with Crippen LogP contribution in [0.4, 0.5) is 11.4 Å². The Hall–Kier alpha value is -2.54. The van der Waals surface area contributed by atoms with Crippen molar-refractivity contribution in [3.05, 3.63) is 46.0 Å². The van der Waals surface area contributed by atoms with Crippen LogP contribution < -0.4 is 10.0 Å². The van der Waals surface area contributed by atoms with E-state index in [0.29, 0.717) is 27.9 Å². The number of sulfonamides is 1. The second kappa shape index (κ2) is 6.51.